The first-order chi connectivity index (χ1) is 20.3. The number of hydrogen-bond acceptors (Lipinski definition) is 6. The van der Waals surface area contributed by atoms with Gasteiger partial charge in [0.05, 0.1) is 19.5 Å². The van der Waals surface area contributed by atoms with Gasteiger partial charge in [-0.05, 0) is 67.1 Å². The average Bonchev–Trinajstić information content (AvgIpc) is 3.51. The van der Waals surface area contributed by atoms with Gasteiger partial charge in [0.2, 0.25) is 17.7 Å². The number of amides is 3. The van der Waals surface area contributed by atoms with Crippen molar-refractivity contribution in [2.24, 2.45) is 0 Å². The lowest BCUT2D eigenvalue weighted by Gasteiger charge is -2.41. The van der Waals surface area contributed by atoms with Gasteiger partial charge in [0.1, 0.15) is 6.04 Å². The Morgan fingerprint density at radius 2 is 1.90 bits per heavy atom. The Morgan fingerprint density at radius 3 is 2.60 bits per heavy atom. The lowest BCUT2D eigenvalue weighted by Crippen LogP contribution is -2.61. The van der Waals surface area contributed by atoms with Crippen molar-refractivity contribution >= 4 is 46.4 Å². The van der Waals surface area contributed by atoms with Crippen LogP contribution in [0.2, 0.25) is 5.02 Å². The van der Waals surface area contributed by atoms with Gasteiger partial charge < -0.3 is 20.0 Å². The zero-order valence-corrected chi connectivity index (χ0v) is 25.6. The Kier molecular flexibility index (Phi) is 11.8. The van der Waals surface area contributed by atoms with Gasteiger partial charge in [-0.1, -0.05) is 48.9 Å². The van der Waals surface area contributed by atoms with Crippen molar-refractivity contribution in [2.75, 3.05) is 32.7 Å². The van der Waals surface area contributed by atoms with E-state index in [0.29, 0.717) is 56.8 Å². The summed E-state index contributed by atoms with van der Waals surface area (Å²) in [5.41, 5.74) is 0.994. The number of dihydropyridines is 1. The molecule has 42 heavy (non-hydrogen) atoms. The number of Topliss-reactive ketones (excluding diaryl/α,β-unsaturated/α-hetero) is 1. The highest BCUT2D eigenvalue weighted by Crippen LogP contribution is 2.21. The highest BCUT2D eigenvalue weighted by atomic mass is 35.5. The highest BCUT2D eigenvalue weighted by molar-refractivity contribution is 7.09. The first kappa shape index (κ1) is 31.5. The van der Waals surface area contributed by atoms with Crippen LogP contribution in [0.4, 0.5) is 0 Å². The van der Waals surface area contributed by atoms with Crippen LogP contribution in [0.25, 0.3) is 0 Å². The molecular formula is C32H39ClN4O4S. The van der Waals surface area contributed by atoms with Crippen molar-refractivity contribution in [3.8, 4) is 0 Å². The van der Waals surface area contributed by atoms with E-state index in [1.165, 1.54) is 0 Å². The Hall–Kier alpha value is -3.43. The smallest absolute Gasteiger partial charge is 0.246 e. The first-order valence-electron chi connectivity index (χ1n) is 14.6. The second-order valence-electron chi connectivity index (χ2n) is 10.7. The molecule has 2 aliphatic heterocycles. The molecule has 0 saturated carbocycles. The number of nitrogens with zero attached hydrogens (tertiary/aromatic N) is 3. The molecular weight excluding hydrogens is 572 g/mol. The van der Waals surface area contributed by atoms with E-state index in [9.17, 15) is 19.2 Å². The number of thiophene rings is 1. The highest BCUT2D eigenvalue weighted by Gasteiger charge is 2.41. The molecule has 1 aromatic heterocycles. The second-order valence-corrected chi connectivity index (χ2v) is 12.2. The molecule has 4 rings (SSSR count). The summed E-state index contributed by atoms with van der Waals surface area (Å²) < 4.78 is 0. The molecule has 224 valence electrons. The summed E-state index contributed by atoms with van der Waals surface area (Å²) in [6.45, 7) is 3.00. The minimum Gasteiger partial charge on any atom is -0.385 e. The second kappa shape index (κ2) is 15.7. The van der Waals surface area contributed by atoms with Crippen molar-refractivity contribution in [1.82, 2.24) is 20.0 Å². The van der Waals surface area contributed by atoms with Gasteiger partial charge >= 0.3 is 0 Å². The van der Waals surface area contributed by atoms with Gasteiger partial charge in [0.25, 0.3) is 0 Å². The van der Waals surface area contributed by atoms with Gasteiger partial charge in [-0.15, -0.1) is 11.3 Å². The van der Waals surface area contributed by atoms with Crippen molar-refractivity contribution in [3.05, 3.63) is 81.7 Å². The monoisotopic (exact) mass is 610 g/mol. The number of carbonyl (C=O) groups excluding carboxylic acids is 4. The largest absolute Gasteiger partial charge is 0.385 e. The predicted octanol–water partition coefficient (Wildman–Crippen LogP) is 4.25. The maximum Gasteiger partial charge on any atom is 0.246 e. The number of piperazine rings is 1. The van der Waals surface area contributed by atoms with Gasteiger partial charge in [0.15, 0.2) is 5.78 Å². The molecule has 1 N–H and O–H groups in total. The molecule has 0 radical (unpaired) electrons. The van der Waals surface area contributed by atoms with E-state index >= 15 is 0 Å². The number of hydrogen-bond donors (Lipinski definition) is 1. The molecule has 1 aromatic carbocycles. The number of nitrogens with one attached hydrogen (secondary N) is 1. The molecule has 1 saturated heterocycles. The lowest BCUT2D eigenvalue weighted by atomic mass is 10.0. The summed E-state index contributed by atoms with van der Waals surface area (Å²) in [7, 11) is 0. The quantitative estimate of drug-likeness (QED) is 0.326. The molecule has 1 fully saturated rings. The maximum absolute atomic E-state index is 13.8. The molecule has 0 bridgehead atoms. The minimum atomic E-state index is -0.909. The number of benzene rings is 1. The maximum atomic E-state index is 13.8. The first-order valence-corrected chi connectivity index (χ1v) is 15.8. The van der Waals surface area contributed by atoms with E-state index in [4.69, 9.17) is 11.6 Å². The van der Waals surface area contributed by atoms with Crippen LogP contribution in [-0.4, -0.2) is 83.0 Å². The number of halogens is 1. The van der Waals surface area contributed by atoms with Crippen molar-refractivity contribution in [2.45, 2.75) is 57.5 Å². The van der Waals surface area contributed by atoms with Crippen molar-refractivity contribution in [1.29, 1.82) is 0 Å². The van der Waals surface area contributed by atoms with Crippen LogP contribution in [-0.2, 0) is 32.0 Å². The molecule has 2 atom stereocenters. The SMILES string of the molecule is CCCC(=O)CN(CCc1ccc(Cl)cc1)C(=O)CC1C(=O)N(CCC2C=CC=CN2)CC(=O)N1CCc1cccs1. The van der Waals surface area contributed by atoms with Crippen LogP contribution in [0.5, 0.6) is 0 Å². The average molecular weight is 611 g/mol. The van der Waals surface area contributed by atoms with Gasteiger partial charge in [-0.25, -0.2) is 0 Å². The molecule has 2 aromatic rings. The summed E-state index contributed by atoms with van der Waals surface area (Å²) in [5.74, 6) is -0.705. The van der Waals surface area contributed by atoms with E-state index in [0.717, 1.165) is 10.4 Å². The summed E-state index contributed by atoms with van der Waals surface area (Å²) in [5, 5.41) is 5.86. The van der Waals surface area contributed by atoms with Crippen LogP contribution in [0.1, 0.15) is 43.0 Å². The number of ketones is 1. The number of carbonyl (C=O) groups is 4. The molecule has 8 nitrogen and oxygen atoms in total. The molecule has 2 aliphatic rings. The Labute approximate surface area is 257 Å². The number of allylic oxidation sites excluding steroid dienone is 2. The van der Waals surface area contributed by atoms with Crippen LogP contribution in [0.15, 0.2) is 66.2 Å². The Balaban J connectivity index is 1.49. The summed E-state index contributed by atoms with van der Waals surface area (Å²) in [6, 6.07) is 10.5. The fourth-order valence-corrected chi connectivity index (χ4v) is 6.06. The molecule has 3 heterocycles. The van der Waals surface area contributed by atoms with Crippen LogP contribution in [0.3, 0.4) is 0 Å². The third-order valence-corrected chi connectivity index (χ3v) is 8.76. The fraction of sp³-hybridized carbons (Fsp3) is 0.438. The van der Waals surface area contributed by atoms with E-state index < -0.39 is 6.04 Å². The normalized spacial score (nSPS) is 18.3. The van der Waals surface area contributed by atoms with Crippen molar-refractivity contribution < 1.29 is 19.2 Å². The van der Waals surface area contributed by atoms with Gasteiger partial charge in [-0.3, -0.25) is 19.2 Å². The standard InChI is InChI=1S/C32H39ClN4O4S/c1-2-6-27(38)22-35(17-13-24-9-11-25(33)12-10-24)30(39)21-29-32(41)36(18-14-26-7-3-4-16-34-26)23-31(40)37(29)19-15-28-8-5-20-42-28/h3-5,7-12,16,20,26,29,34H,2,6,13-15,17-19,21-23H2,1H3. The van der Waals surface area contributed by atoms with Crippen LogP contribution < -0.4 is 5.32 Å². The zero-order valence-electron chi connectivity index (χ0n) is 24.0. The van der Waals surface area contributed by atoms with E-state index in [1.54, 1.807) is 38.2 Å². The van der Waals surface area contributed by atoms with E-state index in [-0.39, 0.29) is 49.1 Å². The fourth-order valence-electron chi connectivity index (χ4n) is 5.24. The predicted molar refractivity (Wildman–Crippen MR) is 166 cm³/mol. The number of rotatable bonds is 15. The lowest BCUT2D eigenvalue weighted by molar-refractivity contribution is -0.158. The van der Waals surface area contributed by atoms with Crippen molar-refractivity contribution in [3.63, 3.8) is 0 Å². The van der Waals surface area contributed by atoms with Crippen LogP contribution >= 0.6 is 22.9 Å². The minimum absolute atomic E-state index is 0.00446. The summed E-state index contributed by atoms with van der Waals surface area (Å²) in [4.78, 5) is 59.5. The zero-order chi connectivity index (χ0) is 29.9. The van der Waals surface area contributed by atoms with Gasteiger partial charge in [-0.2, -0.15) is 0 Å². The molecule has 3 amide bonds. The Morgan fingerprint density at radius 1 is 1.10 bits per heavy atom. The summed E-state index contributed by atoms with van der Waals surface area (Å²) >= 11 is 7.63. The van der Waals surface area contributed by atoms with E-state index in [1.807, 2.05) is 61.0 Å². The molecule has 2 unspecified atom stereocenters. The topological polar surface area (TPSA) is 90.0 Å². The van der Waals surface area contributed by atoms with E-state index in [2.05, 4.69) is 5.32 Å². The molecule has 0 spiro atoms. The van der Waals surface area contributed by atoms with Crippen LogP contribution in [0, 0.1) is 0 Å². The van der Waals surface area contributed by atoms with Gasteiger partial charge in [0, 0.05) is 42.0 Å². The third-order valence-electron chi connectivity index (χ3n) is 7.57. The third kappa shape index (κ3) is 9.03. The molecule has 0 aliphatic carbocycles. The summed E-state index contributed by atoms with van der Waals surface area (Å²) in [6.07, 6.45) is 10.5. The molecule has 10 heteroatoms. The Bertz CT molecular complexity index is 1280.